The molecular weight excluding hydrogens is 238 g/mol. The summed E-state index contributed by atoms with van der Waals surface area (Å²) in [5, 5.41) is 3.12. The topological polar surface area (TPSA) is 54.3 Å². The van der Waals surface area contributed by atoms with Gasteiger partial charge in [0.15, 0.2) is 0 Å². The molecular formula is C11H19N3O2S. The van der Waals surface area contributed by atoms with Crippen molar-refractivity contribution in [2.45, 2.75) is 24.3 Å². The third-order valence-corrected chi connectivity index (χ3v) is 4.96. The van der Waals surface area contributed by atoms with Crippen molar-refractivity contribution in [1.82, 2.24) is 14.2 Å². The van der Waals surface area contributed by atoms with E-state index in [1.165, 1.54) is 0 Å². The molecule has 0 unspecified atom stereocenters. The zero-order valence-corrected chi connectivity index (χ0v) is 11.1. The monoisotopic (exact) mass is 257 g/mol. The quantitative estimate of drug-likeness (QED) is 0.830. The molecule has 0 aromatic carbocycles. The van der Waals surface area contributed by atoms with E-state index in [0.29, 0.717) is 11.4 Å². The summed E-state index contributed by atoms with van der Waals surface area (Å²) in [7, 11) is -1.50. The van der Waals surface area contributed by atoms with Crippen LogP contribution < -0.4 is 5.32 Å². The van der Waals surface area contributed by atoms with Gasteiger partial charge in [0, 0.05) is 39.1 Å². The number of hydrogen-bond acceptors (Lipinski definition) is 3. The summed E-state index contributed by atoms with van der Waals surface area (Å²) in [5.74, 6) is 0. The van der Waals surface area contributed by atoms with Gasteiger partial charge < -0.3 is 9.88 Å². The van der Waals surface area contributed by atoms with Crippen LogP contribution in [0.1, 0.15) is 13.3 Å². The van der Waals surface area contributed by atoms with E-state index in [0.717, 1.165) is 19.5 Å². The Kier molecular flexibility index (Phi) is 3.56. The fourth-order valence-electron chi connectivity index (χ4n) is 1.96. The van der Waals surface area contributed by atoms with Gasteiger partial charge in [0.1, 0.15) is 0 Å². The van der Waals surface area contributed by atoms with Crippen molar-refractivity contribution in [3.63, 3.8) is 0 Å². The molecule has 0 aliphatic carbocycles. The first-order valence-electron chi connectivity index (χ1n) is 5.90. The van der Waals surface area contributed by atoms with E-state index >= 15 is 0 Å². The lowest BCUT2D eigenvalue weighted by atomic mass is 10.2. The first kappa shape index (κ1) is 12.6. The highest BCUT2D eigenvalue weighted by atomic mass is 32.2. The smallest absolute Gasteiger partial charge is 0.244 e. The predicted molar refractivity (Wildman–Crippen MR) is 66.3 cm³/mol. The molecule has 2 rings (SSSR count). The van der Waals surface area contributed by atoms with Gasteiger partial charge in [-0.2, -0.15) is 4.31 Å². The van der Waals surface area contributed by atoms with Crippen LogP contribution in [0.4, 0.5) is 0 Å². The summed E-state index contributed by atoms with van der Waals surface area (Å²) in [6.07, 6.45) is 4.25. The largest absolute Gasteiger partial charge is 0.356 e. The van der Waals surface area contributed by atoms with Gasteiger partial charge in [0.25, 0.3) is 0 Å². The van der Waals surface area contributed by atoms with Gasteiger partial charge in [0.05, 0.1) is 10.9 Å². The zero-order valence-electron chi connectivity index (χ0n) is 10.3. The van der Waals surface area contributed by atoms with Crippen molar-refractivity contribution >= 4 is 10.0 Å². The third kappa shape index (κ3) is 2.38. The van der Waals surface area contributed by atoms with Crippen molar-refractivity contribution < 1.29 is 8.42 Å². The molecule has 2 heterocycles. The summed E-state index contributed by atoms with van der Waals surface area (Å²) in [6, 6.07) is 1.77. The molecule has 0 bridgehead atoms. The SMILES string of the molecule is CCCN(C1CNC1)S(=O)(=O)c1ccn(C)c1. The van der Waals surface area contributed by atoms with E-state index in [9.17, 15) is 8.42 Å². The van der Waals surface area contributed by atoms with Gasteiger partial charge in [0.2, 0.25) is 10.0 Å². The van der Waals surface area contributed by atoms with Crippen LogP contribution in [0.25, 0.3) is 0 Å². The van der Waals surface area contributed by atoms with Gasteiger partial charge in [-0.3, -0.25) is 0 Å². The fraction of sp³-hybridized carbons (Fsp3) is 0.636. The molecule has 6 heteroatoms. The van der Waals surface area contributed by atoms with Crippen LogP contribution >= 0.6 is 0 Å². The number of nitrogens with zero attached hydrogens (tertiary/aromatic N) is 2. The number of nitrogens with one attached hydrogen (secondary N) is 1. The first-order valence-corrected chi connectivity index (χ1v) is 7.34. The molecule has 1 N–H and O–H groups in total. The molecule has 0 saturated carbocycles. The summed E-state index contributed by atoms with van der Waals surface area (Å²) in [4.78, 5) is 0.389. The summed E-state index contributed by atoms with van der Waals surface area (Å²) >= 11 is 0. The van der Waals surface area contributed by atoms with Gasteiger partial charge >= 0.3 is 0 Å². The number of aromatic nitrogens is 1. The lowest BCUT2D eigenvalue weighted by Crippen LogP contribution is -2.58. The van der Waals surface area contributed by atoms with Crippen LogP contribution in [0.3, 0.4) is 0 Å². The summed E-state index contributed by atoms with van der Waals surface area (Å²) < 4.78 is 28.3. The minimum absolute atomic E-state index is 0.111. The highest BCUT2D eigenvalue weighted by Gasteiger charge is 2.34. The Morgan fingerprint density at radius 3 is 2.65 bits per heavy atom. The predicted octanol–water partition coefficient (Wildman–Crippen LogP) is 0.398. The zero-order chi connectivity index (χ0) is 12.5. The van der Waals surface area contributed by atoms with Crippen LogP contribution in [-0.2, 0) is 17.1 Å². The van der Waals surface area contributed by atoms with Gasteiger partial charge in [-0.25, -0.2) is 8.42 Å². The number of rotatable bonds is 5. The van der Waals surface area contributed by atoms with Crippen molar-refractivity contribution in [3.05, 3.63) is 18.5 Å². The van der Waals surface area contributed by atoms with E-state index in [-0.39, 0.29) is 6.04 Å². The fourth-order valence-corrected chi connectivity index (χ4v) is 3.73. The van der Waals surface area contributed by atoms with Gasteiger partial charge in [-0.15, -0.1) is 0 Å². The van der Waals surface area contributed by atoms with Crippen molar-refractivity contribution in [2.75, 3.05) is 19.6 Å². The van der Waals surface area contributed by atoms with Crippen LogP contribution in [0.15, 0.2) is 23.4 Å². The molecule has 17 heavy (non-hydrogen) atoms. The highest BCUT2D eigenvalue weighted by molar-refractivity contribution is 7.89. The molecule has 5 nitrogen and oxygen atoms in total. The van der Waals surface area contributed by atoms with Crippen molar-refractivity contribution in [2.24, 2.45) is 7.05 Å². The van der Waals surface area contributed by atoms with E-state index in [4.69, 9.17) is 0 Å². The van der Waals surface area contributed by atoms with E-state index in [1.807, 2.05) is 14.0 Å². The molecule has 0 radical (unpaired) electrons. The molecule has 1 aliphatic rings. The van der Waals surface area contributed by atoms with Crippen molar-refractivity contribution in [3.8, 4) is 0 Å². The second-order valence-electron chi connectivity index (χ2n) is 4.44. The lowest BCUT2D eigenvalue weighted by molar-refractivity contribution is 0.242. The van der Waals surface area contributed by atoms with E-state index < -0.39 is 10.0 Å². The number of hydrogen-bond donors (Lipinski definition) is 1. The van der Waals surface area contributed by atoms with Gasteiger partial charge in [-0.1, -0.05) is 6.92 Å². The Morgan fingerprint density at radius 2 is 2.24 bits per heavy atom. The molecule has 1 aliphatic heterocycles. The minimum Gasteiger partial charge on any atom is -0.356 e. The maximum atomic E-state index is 12.5. The summed E-state index contributed by atoms with van der Waals surface area (Å²) in [5.41, 5.74) is 0. The second kappa shape index (κ2) is 4.80. The minimum atomic E-state index is -3.33. The standard InChI is InChI=1S/C11H19N3O2S/c1-3-5-14(10-7-12-8-10)17(15,16)11-4-6-13(2)9-11/h4,6,9-10,12H,3,5,7-8H2,1-2H3. The molecule has 96 valence electrons. The first-order chi connectivity index (χ1) is 8.05. The average molecular weight is 257 g/mol. The van der Waals surface area contributed by atoms with Crippen LogP contribution in [0.2, 0.25) is 0 Å². The normalized spacial score (nSPS) is 17.4. The molecule has 0 spiro atoms. The molecule has 0 amide bonds. The third-order valence-electron chi connectivity index (χ3n) is 3.02. The van der Waals surface area contributed by atoms with Crippen LogP contribution in [0, 0.1) is 0 Å². The number of aryl methyl sites for hydroxylation is 1. The molecule has 1 aromatic heterocycles. The average Bonchev–Trinajstić information content (AvgIpc) is 2.62. The Hall–Kier alpha value is -0.850. The molecule has 1 fully saturated rings. The molecule has 1 saturated heterocycles. The molecule has 1 aromatic rings. The Balaban J connectivity index is 2.27. The van der Waals surface area contributed by atoms with Crippen molar-refractivity contribution in [1.29, 1.82) is 0 Å². The van der Waals surface area contributed by atoms with Crippen LogP contribution in [-0.4, -0.2) is 43.0 Å². The summed E-state index contributed by atoms with van der Waals surface area (Å²) in [6.45, 7) is 4.10. The van der Waals surface area contributed by atoms with Gasteiger partial charge in [-0.05, 0) is 12.5 Å². The second-order valence-corrected chi connectivity index (χ2v) is 6.33. The lowest BCUT2D eigenvalue weighted by Gasteiger charge is -2.36. The Morgan fingerprint density at radius 1 is 1.53 bits per heavy atom. The number of sulfonamides is 1. The van der Waals surface area contributed by atoms with Crippen LogP contribution in [0.5, 0.6) is 0 Å². The maximum absolute atomic E-state index is 12.5. The Labute approximate surface area is 102 Å². The highest BCUT2D eigenvalue weighted by Crippen LogP contribution is 2.20. The maximum Gasteiger partial charge on any atom is 0.244 e. The molecule has 0 atom stereocenters. The van der Waals surface area contributed by atoms with E-state index in [2.05, 4.69) is 5.32 Å². The Bertz CT molecular complexity index is 477. The van der Waals surface area contributed by atoms with E-state index in [1.54, 1.807) is 27.3 Å².